The quantitative estimate of drug-likeness (QED) is 0.730. The van der Waals surface area contributed by atoms with Crippen LogP contribution >= 0.6 is 0 Å². The molecule has 0 spiro atoms. The van der Waals surface area contributed by atoms with E-state index in [2.05, 4.69) is 6.58 Å². The number of amides is 1. The molecule has 0 heterocycles. The van der Waals surface area contributed by atoms with E-state index < -0.39 is 0 Å². The van der Waals surface area contributed by atoms with Crippen molar-refractivity contribution in [1.82, 2.24) is 4.90 Å². The van der Waals surface area contributed by atoms with Gasteiger partial charge in [-0.25, -0.2) is 0 Å². The zero-order chi connectivity index (χ0) is 12.5. The molecule has 0 radical (unpaired) electrons. The SMILES string of the molecule is C=CCC(=O)N(CCCN)Cc1ccccc1. The van der Waals surface area contributed by atoms with Crippen molar-refractivity contribution in [2.45, 2.75) is 19.4 Å². The van der Waals surface area contributed by atoms with Crippen LogP contribution in [0.25, 0.3) is 0 Å². The molecule has 0 fully saturated rings. The van der Waals surface area contributed by atoms with Crippen molar-refractivity contribution < 1.29 is 4.79 Å². The molecule has 0 saturated heterocycles. The molecule has 1 rings (SSSR count). The molecule has 17 heavy (non-hydrogen) atoms. The normalized spacial score (nSPS) is 9.94. The topological polar surface area (TPSA) is 46.3 Å². The summed E-state index contributed by atoms with van der Waals surface area (Å²) in [7, 11) is 0. The lowest BCUT2D eigenvalue weighted by molar-refractivity contribution is -0.130. The van der Waals surface area contributed by atoms with Crippen LogP contribution in [0.2, 0.25) is 0 Å². The van der Waals surface area contributed by atoms with Gasteiger partial charge in [0.05, 0.1) is 0 Å². The second-order valence-electron chi connectivity index (χ2n) is 3.94. The average molecular weight is 232 g/mol. The lowest BCUT2D eigenvalue weighted by atomic mass is 10.2. The molecule has 0 saturated carbocycles. The van der Waals surface area contributed by atoms with Gasteiger partial charge in [0.2, 0.25) is 5.91 Å². The highest BCUT2D eigenvalue weighted by atomic mass is 16.2. The van der Waals surface area contributed by atoms with Crippen LogP contribution in [0.3, 0.4) is 0 Å². The van der Waals surface area contributed by atoms with E-state index in [1.165, 1.54) is 0 Å². The molecule has 0 aromatic heterocycles. The first kappa shape index (κ1) is 13.5. The number of nitrogens with two attached hydrogens (primary N) is 1. The van der Waals surface area contributed by atoms with Crippen molar-refractivity contribution in [2.75, 3.05) is 13.1 Å². The Morgan fingerprint density at radius 1 is 1.35 bits per heavy atom. The Bertz CT molecular complexity index is 348. The lowest BCUT2D eigenvalue weighted by Gasteiger charge is -2.22. The Hall–Kier alpha value is -1.61. The Morgan fingerprint density at radius 2 is 2.06 bits per heavy atom. The van der Waals surface area contributed by atoms with E-state index >= 15 is 0 Å². The third-order valence-electron chi connectivity index (χ3n) is 2.52. The van der Waals surface area contributed by atoms with Gasteiger partial charge in [0, 0.05) is 19.5 Å². The van der Waals surface area contributed by atoms with Crippen molar-refractivity contribution in [2.24, 2.45) is 5.73 Å². The van der Waals surface area contributed by atoms with Gasteiger partial charge < -0.3 is 10.6 Å². The van der Waals surface area contributed by atoms with Gasteiger partial charge in [-0.3, -0.25) is 4.79 Å². The van der Waals surface area contributed by atoms with E-state index in [0.717, 1.165) is 12.0 Å². The smallest absolute Gasteiger partial charge is 0.226 e. The first-order valence-electron chi connectivity index (χ1n) is 5.90. The third kappa shape index (κ3) is 4.83. The molecule has 92 valence electrons. The minimum absolute atomic E-state index is 0.109. The van der Waals surface area contributed by atoms with Gasteiger partial charge in [0.1, 0.15) is 0 Å². The van der Waals surface area contributed by atoms with Gasteiger partial charge in [0.15, 0.2) is 0 Å². The number of hydrogen-bond acceptors (Lipinski definition) is 2. The van der Waals surface area contributed by atoms with Gasteiger partial charge >= 0.3 is 0 Å². The van der Waals surface area contributed by atoms with E-state index in [4.69, 9.17) is 5.73 Å². The zero-order valence-corrected chi connectivity index (χ0v) is 10.1. The maximum Gasteiger partial charge on any atom is 0.226 e. The average Bonchev–Trinajstić information content (AvgIpc) is 2.36. The summed E-state index contributed by atoms with van der Waals surface area (Å²) >= 11 is 0. The third-order valence-corrected chi connectivity index (χ3v) is 2.52. The lowest BCUT2D eigenvalue weighted by Crippen LogP contribution is -2.32. The van der Waals surface area contributed by atoms with Gasteiger partial charge in [-0.15, -0.1) is 6.58 Å². The molecule has 2 N–H and O–H groups in total. The van der Waals surface area contributed by atoms with Gasteiger partial charge in [-0.05, 0) is 18.5 Å². The summed E-state index contributed by atoms with van der Waals surface area (Å²) in [4.78, 5) is 13.7. The van der Waals surface area contributed by atoms with Crippen LogP contribution in [0, 0.1) is 0 Å². The van der Waals surface area contributed by atoms with Crippen molar-refractivity contribution in [3.63, 3.8) is 0 Å². The van der Waals surface area contributed by atoms with Crippen molar-refractivity contribution in [3.05, 3.63) is 48.6 Å². The van der Waals surface area contributed by atoms with Crippen LogP contribution in [0.15, 0.2) is 43.0 Å². The van der Waals surface area contributed by atoms with E-state index in [9.17, 15) is 4.79 Å². The highest BCUT2D eigenvalue weighted by Crippen LogP contribution is 2.07. The fourth-order valence-corrected chi connectivity index (χ4v) is 1.63. The van der Waals surface area contributed by atoms with Crippen LogP contribution in [0.4, 0.5) is 0 Å². The highest BCUT2D eigenvalue weighted by molar-refractivity contribution is 5.77. The first-order chi connectivity index (χ1) is 8.27. The van der Waals surface area contributed by atoms with Crippen LogP contribution in [-0.2, 0) is 11.3 Å². The van der Waals surface area contributed by atoms with E-state index in [1.54, 1.807) is 6.08 Å². The summed E-state index contributed by atoms with van der Waals surface area (Å²) in [6.45, 7) is 5.55. The Labute approximate surface area is 103 Å². The number of hydrogen-bond donors (Lipinski definition) is 1. The molecule has 1 aromatic carbocycles. The summed E-state index contributed by atoms with van der Waals surface area (Å²) in [6, 6.07) is 9.98. The van der Waals surface area contributed by atoms with E-state index in [-0.39, 0.29) is 5.91 Å². The monoisotopic (exact) mass is 232 g/mol. The van der Waals surface area contributed by atoms with Crippen LogP contribution < -0.4 is 5.73 Å². The predicted octanol–water partition coefficient (Wildman–Crippen LogP) is 1.94. The maximum absolute atomic E-state index is 11.9. The molecule has 0 bridgehead atoms. The second-order valence-corrected chi connectivity index (χ2v) is 3.94. The summed E-state index contributed by atoms with van der Waals surface area (Å²) in [5.74, 6) is 0.109. The molecule has 3 nitrogen and oxygen atoms in total. The molecule has 3 heteroatoms. The molecular weight excluding hydrogens is 212 g/mol. The molecular formula is C14H20N2O. The van der Waals surface area contributed by atoms with Crippen LogP contribution in [0.1, 0.15) is 18.4 Å². The van der Waals surface area contributed by atoms with Gasteiger partial charge in [0.25, 0.3) is 0 Å². The number of carbonyl (C=O) groups excluding carboxylic acids is 1. The fraction of sp³-hybridized carbons (Fsp3) is 0.357. The summed E-state index contributed by atoms with van der Waals surface area (Å²) in [5, 5.41) is 0. The number of benzene rings is 1. The first-order valence-corrected chi connectivity index (χ1v) is 5.90. The fourth-order valence-electron chi connectivity index (χ4n) is 1.63. The van der Waals surface area contributed by atoms with Gasteiger partial charge in [-0.1, -0.05) is 36.4 Å². The standard InChI is InChI=1S/C14H20N2O/c1-2-7-14(17)16(11-6-10-15)12-13-8-4-3-5-9-13/h2-5,8-9H,1,6-7,10-12,15H2. The molecule has 1 aromatic rings. The Kier molecular flexibility index (Phi) is 6.04. The molecule has 0 atom stereocenters. The Balaban J connectivity index is 2.62. The minimum Gasteiger partial charge on any atom is -0.338 e. The molecule has 0 aliphatic heterocycles. The molecule has 1 amide bonds. The largest absolute Gasteiger partial charge is 0.338 e. The summed E-state index contributed by atoms with van der Waals surface area (Å²) in [6.07, 6.45) is 2.86. The van der Waals surface area contributed by atoms with Crippen LogP contribution in [0.5, 0.6) is 0 Å². The van der Waals surface area contributed by atoms with Crippen molar-refractivity contribution in [3.8, 4) is 0 Å². The number of carbonyl (C=O) groups is 1. The van der Waals surface area contributed by atoms with E-state index in [1.807, 2.05) is 35.2 Å². The molecule has 0 unspecified atom stereocenters. The molecule has 0 aliphatic rings. The number of nitrogens with zero attached hydrogens (tertiary/aromatic N) is 1. The van der Waals surface area contributed by atoms with E-state index in [0.29, 0.717) is 26.1 Å². The second kappa shape index (κ2) is 7.63. The minimum atomic E-state index is 0.109. The van der Waals surface area contributed by atoms with Crippen LogP contribution in [-0.4, -0.2) is 23.9 Å². The molecule has 0 aliphatic carbocycles. The zero-order valence-electron chi connectivity index (χ0n) is 10.1. The Morgan fingerprint density at radius 3 is 2.65 bits per heavy atom. The van der Waals surface area contributed by atoms with Crippen molar-refractivity contribution >= 4 is 5.91 Å². The number of rotatable bonds is 7. The highest BCUT2D eigenvalue weighted by Gasteiger charge is 2.11. The van der Waals surface area contributed by atoms with Crippen molar-refractivity contribution in [1.29, 1.82) is 0 Å². The summed E-state index contributed by atoms with van der Waals surface area (Å²) < 4.78 is 0. The maximum atomic E-state index is 11.9. The summed E-state index contributed by atoms with van der Waals surface area (Å²) in [5.41, 5.74) is 6.63. The van der Waals surface area contributed by atoms with Gasteiger partial charge in [-0.2, -0.15) is 0 Å². The predicted molar refractivity (Wildman–Crippen MR) is 70.3 cm³/mol.